The van der Waals surface area contributed by atoms with Crippen molar-refractivity contribution in [2.75, 3.05) is 44.6 Å². The van der Waals surface area contributed by atoms with Crippen LogP contribution in [0.3, 0.4) is 0 Å². The van der Waals surface area contributed by atoms with E-state index in [9.17, 15) is 18.0 Å². The number of rotatable bonds is 7. The molecule has 1 aliphatic heterocycles. The molecule has 3 N–H and O–H groups in total. The molecule has 0 aliphatic carbocycles. The lowest BCUT2D eigenvalue weighted by Gasteiger charge is -2.15. The van der Waals surface area contributed by atoms with Crippen LogP contribution >= 0.6 is 0 Å². The Morgan fingerprint density at radius 2 is 2.00 bits per heavy atom. The van der Waals surface area contributed by atoms with Crippen LogP contribution in [0.1, 0.15) is 25.5 Å². The second-order valence-corrected chi connectivity index (χ2v) is 5.90. The average Bonchev–Trinajstić information content (AvgIpc) is 3.17. The zero-order valence-electron chi connectivity index (χ0n) is 15.1. The third kappa shape index (κ3) is 6.91. The van der Waals surface area contributed by atoms with E-state index in [1.165, 1.54) is 0 Å². The molecule has 27 heavy (non-hydrogen) atoms. The highest BCUT2D eigenvalue weighted by Crippen LogP contribution is 2.27. The first kappa shape index (κ1) is 20.7. The largest absolute Gasteiger partial charge is 0.433 e. The van der Waals surface area contributed by atoms with Gasteiger partial charge >= 0.3 is 6.18 Å². The van der Waals surface area contributed by atoms with Crippen LogP contribution in [0.15, 0.2) is 17.3 Å². The van der Waals surface area contributed by atoms with E-state index in [1.807, 2.05) is 6.92 Å². The molecule has 1 aromatic heterocycles. The van der Waals surface area contributed by atoms with Gasteiger partial charge in [0.1, 0.15) is 12.2 Å². The summed E-state index contributed by atoms with van der Waals surface area (Å²) in [6.45, 7) is 4.77. The van der Waals surface area contributed by atoms with Crippen LogP contribution in [0.25, 0.3) is 0 Å². The molecule has 2 heterocycles. The molecule has 0 bridgehead atoms. The second-order valence-electron chi connectivity index (χ2n) is 5.90. The maximum absolute atomic E-state index is 12.6. The van der Waals surface area contributed by atoms with Crippen molar-refractivity contribution in [3.05, 3.63) is 18.0 Å². The number of anilines is 1. The van der Waals surface area contributed by atoms with Gasteiger partial charge in [-0.2, -0.15) is 13.2 Å². The summed E-state index contributed by atoms with van der Waals surface area (Å²) in [5, 5.41) is 8.75. The van der Waals surface area contributed by atoms with Gasteiger partial charge in [-0.1, -0.05) is 0 Å². The van der Waals surface area contributed by atoms with E-state index in [-0.39, 0.29) is 24.9 Å². The summed E-state index contributed by atoms with van der Waals surface area (Å²) in [6, 6.07) is 0.816. The molecule has 1 saturated heterocycles. The van der Waals surface area contributed by atoms with Crippen LogP contribution in [-0.4, -0.2) is 66.0 Å². The first-order valence-electron chi connectivity index (χ1n) is 8.84. The minimum absolute atomic E-state index is 0.0137. The Kier molecular flexibility index (Phi) is 7.62. The standard InChI is InChI=1S/C16H24F3N7O/c1-2-20-14(24-11-13(27)26-9-3-4-10-26)22-7-8-23-15-21-6-5-12(25-15)16(17,18)19/h5-6H,2-4,7-11H2,1H3,(H2,20,22,24)(H,21,23,25). The lowest BCUT2D eigenvalue weighted by Crippen LogP contribution is -2.40. The van der Waals surface area contributed by atoms with E-state index < -0.39 is 11.9 Å². The molecule has 1 aromatic rings. The molecule has 11 heteroatoms. The highest BCUT2D eigenvalue weighted by molar-refractivity contribution is 5.85. The zero-order chi connectivity index (χ0) is 19.7. The highest BCUT2D eigenvalue weighted by atomic mass is 19.4. The van der Waals surface area contributed by atoms with Crippen LogP contribution in [0.5, 0.6) is 0 Å². The van der Waals surface area contributed by atoms with Gasteiger partial charge in [-0.15, -0.1) is 0 Å². The first-order chi connectivity index (χ1) is 12.9. The summed E-state index contributed by atoms with van der Waals surface area (Å²) in [5.74, 6) is 0.356. The number of aliphatic imine (C=N–C) groups is 1. The molecule has 0 unspecified atom stereocenters. The molecule has 0 radical (unpaired) electrons. The Balaban J connectivity index is 1.78. The molecular formula is C16H24F3N7O. The minimum Gasteiger partial charge on any atom is -0.357 e. The quantitative estimate of drug-likeness (QED) is 0.368. The number of carbonyl (C=O) groups excluding carboxylic acids is 1. The number of alkyl halides is 3. The van der Waals surface area contributed by atoms with Crippen molar-refractivity contribution in [3.8, 4) is 0 Å². The second kappa shape index (κ2) is 9.93. The maximum Gasteiger partial charge on any atom is 0.433 e. The van der Waals surface area contributed by atoms with Crippen molar-refractivity contribution in [1.29, 1.82) is 0 Å². The monoisotopic (exact) mass is 387 g/mol. The Morgan fingerprint density at radius 3 is 2.67 bits per heavy atom. The fourth-order valence-corrected chi connectivity index (χ4v) is 2.51. The SMILES string of the molecule is CCNC(=NCC(=O)N1CCCC1)NCCNc1nccc(C(F)(F)F)n1. The van der Waals surface area contributed by atoms with E-state index in [4.69, 9.17) is 0 Å². The first-order valence-corrected chi connectivity index (χ1v) is 8.84. The van der Waals surface area contributed by atoms with E-state index in [0.717, 1.165) is 38.2 Å². The lowest BCUT2D eigenvalue weighted by atomic mass is 10.4. The number of hydrogen-bond donors (Lipinski definition) is 3. The number of likely N-dealkylation sites (tertiary alicyclic amines) is 1. The summed E-state index contributed by atoms with van der Waals surface area (Å²) in [6.07, 6.45) is -1.40. The van der Waals surface area contributed by atoms with Gasteiger partial charge in [0, 0.05) is 38.9 Å². The molecule has 0 saturated carbocycles. The molecule has 1 aliphatic rings. The normalized spacial score (nSPS) is 15.0. The van der Waals surface area contributed by atoms with Crippen molar-refractivity contribution >= 4 is 17.8 Å². The van der Waals surface area contributed by atoms with Gasteiger partial charge in [0.2, 0.25) is 11.9 Å². The number of carbonyl (C=O) groups is 1. The van der Waals surface area contributed by atoms with Crippen LogP contribution in [0.4, 0.5) is 19.1 Å². The number of aromatic nitrogens is 2. The van der Waals surface area contributed by atoms with Crippen LogP contribution in [0.2, 0.25) is 0 Å². The predicted molar refractivity (Wildman–Crippen MR) is 95.3 cm³/mol. The van der Waals surface area contributed by atoms with E-state index in [2.05, 4.69) is 30.9 Å². The van der Waals surface area contributed by atoms with Gasteiger partial charge in [-0.25, -0.2) is 15.0 Å². The van der Waals surface area contributed by atoms with E-state index in [0.29, 0.717) is 19.0 Å². The molecule has 0 spiro atoms. The van der Waals surface area contributed by atoms with Gasteiger partial charge in [-0.3, -0.25) is 4.79 Å². The molecular weight excluding hydrogens is 363 g/mol. The van der Waals surface area contributed by atoms with E-state index in [1.54, 1.807) is 4.90 Å². The average molecular weight is 387 g/mol. The Labute approximate surface area is 155 Å². The Morgan fingerprint density at radius 1 is 1.26 bits per heavy atom. The zero-order valence-corrected chi connectivity index (χ0v) is 15.1. The van der Waals surface area contributed by atoms with Crippen molar-refractivity contribution in [2.24, 2.45) is 4.99 Å². The lowest BCUT2D eigenvalue weighted by molar-refractivity contribution is -0.141. The van der Waals surface area contributed by atoms with Crippen molar-refractivity contribution in [1.82, 2.24) is 25.5 Å². The van der Waals surface area contributed by atoms with Crippen LogP contribution in [0, 0.1) is 0 Å². The molecule has 8 nitrogen and oxygen atoms in total. The molecule has 150 valence electrons. The number of halogens is 3. The Hall–Kier alpha value is -2.59. The van der Waals surface area contributed by atoms with Crippen LogP contribution < -0.4 is 16.0 Å². The predicted octanol–water partition coefficient (Wildman–Crippen LogP) is 1.08. The third-order valence-electron chi connectivity index (χ3n) is 3.82. The minimum atomic E-state index is -4.51. The summed E-state index contributed by atoms with van der Waals surface area (Å²) < 4.78 is 37.9. The fraction of sp³-hybridized carbons (Fsp3) is 0.625. The number of nitrogens with one attached hydrogen (secondary N) is 3. The van der Waals surface area contributed by atoms with Gasteiger partial charge in [-0.05, 0) is 25.8 Å². The summed E-state index contributed by atoms with van der Waals surface area (Å²) in [4.78, 5) is 25.3. The number of nitrogens with zero attached hydrogens (tertiary/aromatic N) is 4. The van der Waals surface area contributed by atoms with Gasteiger partial charge in [0.25, 0.3) is 0 Å². The summed E-state index contributed by atoms with van der Waals surface area (Å²) >= 11 is 0. The number of hydrogen-bond acceptors (Lipinski definition) is 5. The molecule has 2 rings (SSSR count). The summed E-state index contributed by atoms with van der Waals surface area (Å²) in [7, 11) is 0. The number of amides is 1. The van der Waals surface area contributed by atoms with Gasteiger partial charge in [0.05, 0.1) is 0 Å². The molecule has 1 amide bonds. The van der Waals surface area contributed by atoms with E-state index >= 15 is 0 Å². The van der Waals surface area contributed by atoms with Crippen molar-refractivity contribution in [2.45, 2.75) is 25.9 Å². The molecule has 0 aromatic carbocycles. The molecule has 1 fully saturated rings. The smallest absolute Gasteiger partial charge is 0.357 e. The fourth-order valence-electron chi connectivity index (χ4n) is 2.51. The number of guanidine groups is 1. The van der Waals surface area contributed by atoms with Crippen molar-refractivity contribution in [3.63, 3.8) is 0 Å². The topological polar surface area (TPSA) is 94.5 Å². The Bertz CT molecular complexity index is 645. The third-order valence-corrected chi connectivity index (χ3v) is 3.82. The maximum atomic E-state index is 12.6. The van der Waals surface area contributed by atoms with Gasteiger partial charge < -0.3 is 20.9 Å². The molecule has 0 atom stereocenters. The highest BCUT2D eigenvalue weighted by Gasteiger charge is 2.32. The van der Waals surface area contributed by atoms with Crippen molar-refractivity contribution < 1.29 is 18.0 Å². The van der Waals surface area contributed by atoms with Gasteiger partial charge in [0.15, 0.2) is 5.96 Å². The van der Waals surface area contributed by atoms with Crippen LogP contribution in [-0.2, 0) is 11.0 Å². The summed E-state index contributed by atoms with van der Waals surface area (Å²) in [5.41, 5.74) is -0.997.